The lowest BCUT2D eigenvalue weighted by atomic mass is 9.99. The van der Waals surface area contributed by atoms with E-state index in [0.29, 0.717) is 30.9 Å². The van der Waals surface area contributed by atoms with Crippen molar-refractivity contribution in [3.05, 3.63) is 66.0 Å². The predicted octanol–water partition coefficient (Wildman–Crippen LogP) is 4.02. The molecule has 0 aliphatic carbocycles. The molecule has 1 aliphatic heterocycles. The minimum absolute atomic E-state index is 0.207. The third kappa shape index (κ3) is 2.98. The van der Waals surface area contributed by atoms with E-state index in [9.17, 15) is 9.18 Å². The van der Waals surface area contributed by atoms with Crippen LogP contribution in [0.5, 0.6) is 0 Å². The number of nitrogens with zero attached hydrogens (tertiary/aromatic N) is 2. The van der Waals surface area contributed by atoms with Crippen molar-refractivity contribution in [2.24, 2.45) is 0 Å². The number of para-hydroxylation sites is 1. The number of nitrogens with one attached hydrogen (secondary N) is 2. The number of amides is 2. The van der Waals surface area contributed by atoms with Gasteiger partial charge in [0.1, 0.15) is 5.82 Å². The van der Waals surface area contributed by atoms with Crippen LogP contribution < -0.4 is 5.32 Å². The Balaban J connectivity index is 1.47. The van der Waals surface area contributed by atoms with Crippen molar-refractivity contribution in [1.29, 1.82) is 0 Å². The number of carbonyl (C=O) groups is 1. The van der Waals surface area contributed by atoms with Gasteiger partial charge in [0.2, 0.25) is 0 Å². The van der Waals surface area contributed by atoms with Crippen LogP contribution in [0.25, 0.3) is 16.5 Å². The summed E-state index contributed by atoms with van der Waals surface area (Å²) < 4.78 is 13.9. The predicted molar refractivity (Wildman–Crippen MR) is 95.7 cm³/mol. The molecule has 0 bridgehead atoms. The van der Waals surface area contributed by atoms with Gasteiger partial charge in [-0.2, -0.15) is 5.10 Å². The quantitative estimate of drug-likeness (QED) is 0.742. The summed E-state index contributed by atoms with van der Waals surface area (Å²) in [5, 5.41) is 10.8. The topological polar surface area (TPSA) is 61.0 Å². The van der Waals surface area contributed by atoms with Crippen molar-refractivity contribution in [3.63, 3.8) is 0 Å². The van der Waals surface area contributed by atoms with Gasteiger partial charge in [-0.25, -0.2) is 9.18 Å². The number of urea groups is 1. The molecule has 126 valence electrons. The van der Waals surface area contributed by atoms with Gasteiger partial charge < -0.3 is 4.90 Å². The summed E-state index contributed by atoms with van der Waals surface area (Å²) in [6, 6.07) is 14.1. The van der Waals surface area contributed by atoms with Gasteiger partial charge in [-0.1, -0.05) is 36.4 Å². The van der Waals surface area contributed by atoms with Gasteiger partial charge in [0.05, 0.1) is 5.52 Å². The van der Waals surface area contributed by atoms with E-state index in [1.807, 2.05) is 36.4 Å². The van der Waals surface area contributed by atoms with Crippen LogP contribution in [0.3, 0.4) is 0 Å². The monoisotopic (exact) mass is 336 g/mol. The highest BCUT2D eigenvalue weighted by Gasteiger charge is 2.20. The van der Waals surface area contributed by atoms with Crippen molar-refractivity contribution in [3.8, 4) is 0 Å². The second kappa shape index (κ2) is 6.39. The number of hydrogen-bond donors (Lipinski definition) is 2. The highest BCUT2D eigenvalue weighted by Crippen LogP contribution is 2.25. The zero-order chi connectivity index (χ0) is 17.2. The number of rotatable bonds is 2. The fourth-order valence-electron chi connectivity index (χ4n) is 3.06. The number of aromatic nitrogens is 2. The minimum Gasteiger partial charge on any atom is -0.320 e. The smallest absolute Gasteiger partial charge is 0.320 e. The fraction of sp³-hybridized carbons (Fsp3) is 0.158. The number of benzene rings is 2. The molecule has 4 rings (SSSR count). The van der Waals surface area contributed by atoms with Crippen LogP contribution in [0, 0.1) is 5.82 Å². The number of halogens is 1. The average molecular weight is 336 g/mol. The maximum Gasteiger partial charge on any atom is 0.323 e. The van der Waals surface area contributed by atoms with Gasteiger partial charge in [0.15, 0.2) is 5.82 Å². The fourth-order valence-corrected chi connectivity index (χ4v) is 3.06. The standard InChI is InChI=1S/C19H17FN4O/c20-16-7-3-1-5-14(16)13-9-11-24(12-10-13)19(25)21-18-15-6-2-4-8-17(15)22-23-18/h1-9H,10-12H2,(H2,21,22,23,25). The first-order chi connectivity index (χ1) is 12.2. The van der Waals surface area contributed by atoms with E-state index in [0.717, 1.165) is 16.5 Å². The van der Waals surface area contributed by atoms with Gasteiger partial charge in [0.25, 0.3) is 0 Å². The molecule has 6 heteroatoms. The molecule has 2 N–H and O–H groups in total. The Kier molecular flexibility index (Phi) is 3.93. The Labute approximate surface area is 144 Å². The molecule has 1 aliphatic rings. The number of fused-ring (bicyclic) bond motifs is 1. The Morgan fingerprint density at radius 1 is 1.16 bits per heavy atom. The molecule has 0 radical (unpaired) electrons. The number of hydrogen-bond acceptors (Lipinski definition) is 2. The molecule has 2 aromatic carbocycles. The van der Waals surface area contributed by atoms with Crippen molar-refractivity contribution in [2.45, 2.75) is 6.42 Å². The summed E-state index contributed by atoms with van der Waals surface area (Å²) in [5.74, 6) is 0.291. The molecule has 0 spiro atoms. The molecular weight excluding hydrogens is 319 g/mol. The summed E-state index contributed by atoms with van der Waals surface area (Å²) >= 11 is 0. The lowest BCUT2D eigenvalue weighted by Gasteiger charge is -2.26. The summed E-state index contributed by atoms with van der Waals surface area (Å²) in [6.07, 6.45) is 2.53. The molecule has 2 amide bonds. The summed E-state index contributed by atoms with van der Waals surface area (Å²) in [4.78, 5) is 14.2. The van der Waals surface area contributed by atoms with E-state index >= 15 is 0 Å². The van der Waals surface area contributed by atoms with Crippen LogP contribution >= 0.6 is 0 Å². The maximum atomic E-state index is 13.9. The molecule has 0 atom stereocenters. The van der Waals surface area contributed by atoms with Crippen LogP contribution in [-0.2, 0) is 0 Å². The lowest BCUT2D eigenvalue weighted by molar-refractivity contribution is 0.217. The average Bonchev–Trinajstić information content (AvgIpc) is 3.05. The van der Waals surface area contributed by atoms with Crippen LogP contribution in [0.15, 0.2) is 54.6 Å². The highest BCUT2D eigenvalue weighted by atomic mass is 19.1. The minimum atomic E-state index is -0.227. The van der Waals surface area contributed by atoms with Crippen LogP contribution in [0.1, 0.15) is 12.0 Å². The summed E-state index contributed by atoms with van der Waals surface area (Å²) in [6.45, 7) is 0.978. The number of aromatic amines is 1. The van der Waals surface area contributed by atoms with E-state index in [1.165, 1.54) is 6.07 Å². The van der Waals surface area contributed by atoms with Gasteiger partial charge in [-0.3, -0.25) is 10.4 Å². The maximum absolute atomic E-state index is 13.9. The van der Waals surface area contributed by atoms with Crippen molar-refractivity contribution in [1.82, 2.24) is 15.1 Å². The Morgan fingerprint density at radius 2 is 1.96 bits per heavy atom. The van der Waals surface area contributed by atoms with E-state index in [1.54, 1.807) is 17.0 Å². The molecule has 2 heterocycles. The van der Waals surface area contributed by atoms with Crippen LogP contribution in [0.2, 0.25) is 0 Å². The van der Waals surface area contributed by atoms with Crippen LogP contribution in [-0.4, -0.2) is 34.2 Å². The molecule has 0 saturated heterocycles. The van der Waals surface area contributed by atoms with Gasteiger partial charge in [-0.15, -0.1) is 0 Å². The first-order valence-corrected chi connectivity index (χ1v) is 8.15. The van der Waals surface area contributed by atoms with E-state index in [-0.39, 0.29) is 11.8 Å². The normalized spacial score (nSPS) is 14.4. The van der Waals surface area contributed by atoms with Crippen molar-refractivity contribution in [2.75, 3.05) is 18.4 Å². The second-order valence-corrected chi connectivity index (χ2v) is 5.95. The molecule has 3 aromatic rings. The van der Waals surface area contributed by atoms with Gasteiger partial charge >= 0.3 is 6.03 Å². The van der Waals surface area contributed by atoms with Gasteiger partial charge in [0, 0.05) is 24.0 Å². The SMILES string of the molecule is O=C(Nc1n[nH]c2ccccc12)N1CC=C(c2ccccc2F)CC1. The molecular formula is C19H17FN4O. The highest BCUT2D eigenvalue weighted by molar-refractivity contribution is 5.99. The third-order valence-corrected chi connectivity index (χ3v) is 4.41. The number of anilines is 1. The zero-order valence-electron chi connectivity index (χ0n) is 13.5. The molecule has 25 heavy (non-hydrogen) atoms. The van der Waals surface area contributed by atoms with E-state index < -0.39 is 0 Å². The molecule has 5 nitrogen and oxygen atoms in total. The van der Waals surface area contributed by atoms with E-state index in [4.69, 9.17) is 0 Å². The van der Waals surface area contributed by atoms with Crippen molar-refractivity contribution < 1.29 is 9.18 Å². The first-order valence-electron chi connectivity index (χ1n) is 8.15. The number of carbonyl (C=O) groups excluding carboxylic acids is 1. The third-order valence-electron chi connectivity index (χ3n) is 4.41. The Morgan fingerprint density at radius 3 is 2.76 bits per heavy atom. The first kappa shape index (κ1) is 15.4. The number of H-pyrrole nitrogens is 1. The van der Waals surface area contributed by atoms with Gasteiger partial charge in [-0.05, 0) is 30.2 Å². The molecule has 0 saturated carbocycles. The zero-order valence-corrected chi connectivity index (χ0v) is 13.5. The molecule has 0 fully saturated rings. The summed E-state index contributed by atoms with van der Waals surface area (Å²) in [7, 11) is 0. The molecule has 1 aromatic heterocycles. The Hall–Kier alpha value is -3.15. The van der Waals surface area contributed by atoms with Crippen molar-refractivity contribution >= 4 is 28.3 Å². The summed E-state index contributed by atoms with van der Waals surface area (Å²) in [5.41, 5.74) is 2.42. The lowest BCUT2D eigenvalue weighted by Crippen LogP contribution is -2.38. The van der Waals surface area contributed by atoms with E-state index in [2.05, 4.69) is 15.5 Å². The Bertz CT molecular complexity index is 963. The second-order valence-electron chi connectivity index (χ2n) is 5.95. The molecule has 0 unspecified atom stereocenters. The largest absolute Gasteiger partial charge is 0.323 e. The van der Waals surface area contributed by atoms with Crippen LogP contribution in [0.4, 0.5) is 15.0 Å².